The van der Waals surface area contributed by atoms with Gasteiger partial charge in [0.05, 0.1) is 13.2 Å². The van der Waals surface area contributed by atoms with E-state index in [1.54, 1.807) is 0 Å². The molecule has 0 spiro atoms. The number of aryl methyl sites for hydroxylation is 1. The van der Waals surface area contributed by atoms with Gasteiger partial charge in [-0.1, -0.05) is 54.6 Å². The average molecular weight is 466 g/mol. The number of benzene rings is 2. The van der Waals surface area contributed by atoms with Gasteiger partial charge in [-0.25, -0.2) is 14.4 Å². The molecule has 0 aromatic heterocycles. The van der Waals surface area contributed by atoms with Gasteiger partial charge in [0.25, 0.3) is 0 Å². The second-order valence-corrected chi connectivity index (χ2v) is 8.21. The van der Waals surface area contributed by atoms with Crippen molar-refractivity contribution in [2.24, 2.45) is 0 Å². The minimum Gasteiger partial charge on any atom is -0.497 e. The zero-order valence-electron chi connectivity index (χ0n) is 19.1. The molecule has 0 saturated carbocycles. The van der Waals surface area contributed by atoms with E-state index >= 15 is 0 Å². The Labute approximate surface area is 198 Å². The number of esters is 2. The molecule has 3 atom stereocenters. The van der Waals surface area contributed by atoms with Crippen LogP contribution >= 0.6 is 0 Å². The van der Waals surface area contributed by atoms with Gasteiger partial charge in [0.15, 0.2) is 12.2 Å². The van der Waals surface area contributed by atoms with E-state index in [2.05, 4.69) is 0 Å². The van der Waals surface area contributed by atoms with Crippen molar-refractivity contribution in [3.8, 4) is 0 Å². The normalized spacial score (nSPS) is 20.4. The molecule has 2 aliphatic rings. The Morgan fingerprint density at radius 1 is 1.12 bits per heavy atom. The van der Waals surface area contributed by atoms with E-state index < -0.39 is 36.3 Å². The van der Waals surface area contributed by atoms with Crippen molar-refractivity contribution < 1.29 is 33.3 Å². The van der Waals surface area contributed by atoms with E-state index in [-0.39, 0.29) is 12.4 Å². The van der Waals surface area contributed by atoms with Crippen molar-refractivity contribution >= 4 is 18.0 Å². The monoisotopic (exact) mass is 465 g/mol. The summed E-state index contributed by atoms with van der Waals surface area (Å²) in [5, 5.41) is 0. The van der Waals surface area contributed by atoms with E-state index in [0.717, 1.165) is 11.1 Å². The van der Waals surface area contributed by atoms with Gasteiger partial charge in [-0.05, 0) is 36.5 Å². The van der Waals surface area contributed by atoms with Crippen molar-refractivity contribution in [1.82, 2.24) is 4.90 Å². The molecule has 1 fully saturated rings. The van der Waals surface area contributed by atoms with Crippen LogP contribution in [0.25, 0.3) is 0 Å². The lowest BCUT2D eigenvalue weighted by molar-refractivity contribution is -0.166. The first kappa shape index (κ1) is 23.4. The van der Waals surface area contributed by atoms with Crippen molar-refractivity contribution in [3.63, 3.8) is 0 Å². The fraction of sp³-hybridized carbons (Fsp3) is 0.346. The molecule has 0 bridgehead atoms. The molecular weight excluding hydrogens is 438 g/mol. The summed E-state index contributed by atoms with van der Waals surface area (Å²) in [6.07, 6.45) is -0.0576. The first-order chi connectivity index (χ1) is 16.5. The number of hydrogen-bond acceptors (Lipinski definition) is 7. The van der Waals surface area contributed by atoms with E-state index in [4.69, 9.17) is 18.9 Å². The van der Waals surface area contributed by atoms with Crippen molar-refractivity contribution in [3.05, 3.63) is 83.1 Å². The largest absolute Gasteiger partial charge is 0.497 e. The SMILES string of the molecule is COC1=CC(=O)OC1C(OC(=O)[C@@H]1CCCN1C(=O)OCc1ccccc1)c1ccccc1C. The highest BCUT2D eigenvalue weighted by atomic mass is 16.6. The highest BCUT2D eigenvalue weighted by Gasteiger charge is 2.43. The Morgan fingerprint density at radius 3 is 2.59 bits per heavy atom. The van der Waals surface area contributed by atoms with Gasteiger partial charge < -0.3 is 18.9 Å². The van der Waals surface area contributed by atoms with Crippen LogP contribution in [0.15, 0.2) is 66.4 Å². The number of nitrogens with zero attached hydrogens (tertiary/aromatic N) is 1. The minimum atomic E-state index is -0.922. The first-order valence-electron chi connectivity index (χ1n) is 11.2. The summed E-state index contributed by atoms with van der Waals surface area (Å²) in [7, 11) is 1.43. The van der Waals surface area contributed by atoms with Gasteiger partial charge in [0.1, 0.15) is 18.4 Å². The Bertz CT molecular complexity index is 1080. The molecule has 2 unspecified atom stereocenters. The predicted molar refractivity (Wildman–Crippen MR) is 121 cm³/mol. The van der Waals surface area contributed by atoms with Crippen LogP contribution in [0.2, 0.25) is 0 Å². The fourth-order valence-corrected chi connectivity index (χ4v) is 4.23. The average Bonchev–Trinajstić information content (AvgIpc) is 3.49. The number of hydrogen-bond donors (Lipinski definition) is 0. The predicted octanol–water partition coefficient (Wildman–Crippen LogP) is 3.84. The molecule has 0 radical (unpaired) electrons. The molecule has 178 valence electrons. The zero-order chi connectivity index (χ0) is 24.1. The maximum Gasteiger partial charge on any atom is 0.410 e. The molecule has 0 aliphatic carbocycles. The Hall–Kier alpha value is -3.81. The van der Waals surface area contributed by atoms with Gasteiger partial charge >= 0.3 is 18.0 Å². The molecule has 8 heteroatoms. The van der Waals surface area contributed by atoms with Gasteiger partial charge in [0, 0.05) is 6.54 Å². The molecule has 8 nitrogen and oxygen atoms in total. The summed E-state index contributed by atoms with van der Waals surface area (Å²) in [6.45, 7) is 2.39. The van der Waals surface area contributed by atoms with E-state index in [0.29, 0.717) is 24.9 Å². The molecule has 34 heavy (non-hydrogen) atoms. The van der Waals surface area contributed by atoms with Crippen molar-refractivity contribution in [1.29, 1.82) is 0 Å². The third kappa shape index (κ3) is 5.06. The van der Waals surface area contributed by atoms with Gasteiger partial charge in [-0.3, -0.25) is 4.90 Å². The topological polar surface area (TPSA) is 91.4 Å². The maximum absolute atomic E-state index is 13.3. The first-order valence-corrected chi connectivity index (χ1v) is 11.2. The zero-order valence-corrected chi connectivity index (χ0v) is 19.1. The van der Waals surface area contributed by atoms with Crippen LogP contribution in [-0.2, 0) is 35.1 Å². The number of rotatable bonds is 7. The molecule has 0 N–H and O–H groups in total. The number of carbonyl (C=O) groups excluding carboxylic acids is 3. The number of amides is 1. The molecular formula is C26H27NO7. The number of likely N-dealkylation sites (tertiary alicyclic amines) is 1. The second-order valence-electron chi connectivity index (χ2n) is 8.21. The summed E-state index contributed by atoms with van der Waals surface area (Å²) >= 11 is 0. The fourth-order valence-electron chi connectivity index (χ4n) is 4.23. The lowest BCUT2D eigenvalue weighted by Crippen LogP contribution is -2.43. The summed E-state index contributed by atoms with van der Waals surface area (Å²) in [4.78, 5) is 39.4. The van der Waals surface area contributed by atoms with Crippen LogP contribution < -0.4 is 0 Å². The van der Waals surface area contributed by atoms with Crippen LogP contribution in [0.3, 0.4) is 0 Å². The van der Waals surface area contributed by atoms with Crippen molar-refractivity contribution in [2.75, 3.05) is 13.7 Å². The van der Waals surface area contributed by atoms with Crippen LogP contribution in [0.1, 0.15) is 35.6 Å². The Kier molecular flexibility index (Phi) is 7.15. The molecule has 2 heterocycles. The molecule has 2 aliphatic heterocycles. The van der Waals surface area contributed by atoms with Gasteiger partial charge in [-0.2, -0.15) is 0 Å². The van der Waals surface area contributed by atoms with E-state index in [1.165, 1.54) is 18.1 Å². The summed E-state index contributed by atoms with van der Waals surface area (Å²) in [5.41, 5.74) is 2.41. The quantitative estimate of drug-likeness (QED) is 0.453. The van der Waals surface area contributed by atoms with Gasteiger partial charge in [-0.15, -0.1) is 0 Å². The highest BCUT2D eigenvalue weighted by Crippen LogP contribution is 2.35. The van der Waals surface area contributed by atoms with Crippen LogP contribution in [0.5, 0.6) is 0 Å². The lowest BCUT2D eigenvalue weighted by atomic mass is 9.98. The van der Waals surface area contributed by atoms with E-state index in [9.17, 15) is 14.4 Å². The molecule has 1 amide bonds. The standard InChI is InChI=1S/C26H27NO7/c1-17-9-6-7-12-19(17)23(24-21(31-2)15-22(28)33-24)34-25(29)20-13-8-14-27(20)26(30)32-16-18-10-4-3-5-11-18/h3-7,9-12,15,20,23-24H,8,13-14,16H2,1-2H3/t20-,23?,24?/m0/s1. The Morgan fingerprint density at radius 2 is 1.85 bits per heavy atom. The number of cyclic esters (lactones) is 1. The number of ether oxygens (including phenoxy) is 4. The third-order valence-electron chi connectivity index (χ3n) is 6.00. The minimum absolute atomic E-state index is 0.115. The van der Waals surface area contributed by atoms with Crippen molar-refractivity contribution in [2.45, 2.75) is 44.6 Å². The van der Waals surface area contributed by atoms with Crippen LogP contribution in [0.4, 0.5) is 4.79 Å². The Balaban J connectivity index is 1.50. The van der Waals surface area contributed by atoms with Gasteiger partial charge in [0.2, 0.25) is 0 Å². The summed E-state index contributed by atoms with van der Waals surface area (Å²) in [5.74, 6) is -0.874. The van der Waals surface area contributed by atoms with E-state index in [1.807, 2.05) is 61.5 Å². The maximum atomic E-state index is 13.3. The highest BCUT2D eigenvalue weighted by molar-refractivity contribution is 5.86. The molecule has 2 aromatic carbocycles. The summed E-state index contributed by atoms with van der Waals surface area (Å²) in [6, 6.07) is 15.9. The van der Waals surface area contributed by atoms with Crippen LogP contribution in [0, 0.1) is 6.92 Å². The summed E-state index contributed by atoms with van der Waals surface area (Å²) < 4.78 is 22.1. The molecule has 4 rings (SSSR count). The second kappa shape index (κ2) is 10.4. The molecule has 2 aromatic rings. The van der Waals surface area contributed by atoms with Crippen LogP contribution in [-0.4, -0.2) is 48.7 Å². The number of carbonyl (C=O) groups is 3. The molecule has 1 saturated heterocycles. The number of methoxy groups -OCH3 is 1. The lowest BCUT2D eigenvalue weighted by Gasteiger charge is -2.29. The smallest absolute Gasteiger partial charge is 0.410 e. The third-order valence-corrected chi connectivity index (χ3v) is 6.00.